The van der Waals surface area contributed by atoms with E-state index in [1.54, 1.807) is 0 Å². The number of unbranched alkanes of at least 4 members (excludes halogenated alkanes) is 17. The first-order valence-electron chi connectivity index (χ1n) is 33.3. The molecule has 464 valence electrons. The second-order valence-electron chi connectivity index (χ2n) is 21.3. The number of ether oxygens (including phenoxy) is 3. The lowest BCUT2D eigenvalue weighted by molar-refractivity contribution is -0.167. The summed E-state index contributed by atoms with van der Waals surface area (Å²) in [5.41, 5.74) is 0. The summed E-state index contributed by atoms with van der Waals surface area (Å²) in [4.78, 5) is 38.4. The molecule has 0 aromatic heterocycles. The number of carbonyl (C=O) groups is 3. The van der Waals surface area contributed by atoms with Crippen LogP contribution in [-0.2, 0) is 28.6 Å². The highest BCUT2D eigenvalue weighted by atomic mass is 16.6. The van der Waals surface area contributed by atoms with E-state index in [9.17, 15) is 14.4 Å². The van der Waals surface area contributed by atoms with Gasteiger partial charge in [-0.15, -0.1) is 0 Å². The van der Waals surface area contributed by atoms with Crippen LogP contribution in [0.25, 0.3) is 0 Å². The van der Waals surface area contributed by atoms with Crippen molar-refractivity contribution in [2.24, 2.45) is 0 Å². The third-order valence-corrected chi connectivity index (χ3v) is 13.4. The van der Waals surface area contributed by atoms with Gasteiger partial charge < -0.3 is 14.2 Å². The smallest absolute Gasteiger partial charge is 0.306 e. The summed E-state index contributed by atoms with van der Waals surface area (Å²) in [6.45, 7) is 6.32. The molecule has 0 spiro atoms. The Kier molecular flexibility index (Phi) is 64.4. The van der Waals surface area contributed by atoms with Crippen LogP contribution in [-0.4, -0.2) is 37.2 Å². The fourth-order valence-electron chi connectivity index (χ4n) is 8.46. The standard InChI is InChI=1S/C77H120O6/c1-4-7-10-13-16-19-22-25-28-31-33-34-35-36-37-38-39-40-41-42-44-46-49-52-55-58-61-64-67-70-76(79)82-73-74(72-81-75(78)69-66-63-60-57-54-51-48-45-30-27-24-21-18-15-12-9-6-3)83-77(80)71-68-65-62-59-56-53-50-47-43-32-29-26-23-20-17-14-11-8-5-2/h7,9-10,12,16-21,25-30,33-34,36-37,39-40,42-44,47,49,52,58,61,74H,4-6,8,11,13-15,22-24,31-32,35,38,41,45-46,48,50-51,53-57,59-60,62-73H2,1-3H3/b10-7-,12-9-,19-16-,20-17-,21-18-,28-25-,29-26-,30-27-,34-33-,37-36-,40-39-,44-42-,47-43-,52-49-,61-58-. The van der Waals surface area contributed by atoms with Gasteiger partial charge in [-0.3, -0.25) is 14.4 Å². The second-order valence-corrected chi connectivity index (χ2v) is 21.3. The van der Waals surface area contributed by atoms with Crippen molar-refractivity contribution in [3.63, 3.8) is 0 Å². The number of allylic oxidation sites excluding steroid dienone is 30. The lowest BCUT2D eigenvalue weighted by Crippen LogP contribution is -2.30. The first-order chi connectivity index (χ1) is 41.0. The van der Waals surface area contributed by atoms with Crippen molar-refractivity contribution in [1.82, 2.24) is 0 Å². The van der Waals surface area contributed by atoms with Crippen LogP contribution in [0.4, 0.5) is 0 Å². The molecule has 0 bridgehead atoms. The molecule has 0 amide bonds. The molecule has 0 rings (SSSR count). The van der Waals surface area contributed by atoms with Crippen molar-refractivity contribution in [1.29, 1.82) is 0 Å². The highest BCUT2D eigenvalue weighted by Crippen LogP contribution is 2.14. The highest BCUT2D eigenvalue weighted by molar-refractivity contribution is 5.71. The molecule has 0 aliphatic heterocycles. The van der Waals surface area contributed by atoms with Crippen molar-refractivity contribution < 1.29 is 28.6 Å². The van der Waals surface area contributed by atoms with Crippen molar-refractivity contribution in [2.75, 3.05) is 13.2 Å². The SMILES string of the molecule is CC/C=C\C/C=C\C/C=C\C/C=C\C/C=C\C/C=C\C/C=C\C/C=C\C/C=C\CCCC(=O)OCC(COC(=O)CCCCCCCCC/C=C\C/C=C\C/C=C\CC)OC(=O)CCCCCCCC/C=C\C/C=C\C/C=C\CCCCC. The lowest BCUT2D eigenvalue weighted by atomic mass is 10.1. The molecule has 83 heavy (non-hydrogen) atoms. The Morgan fingerprint density at radius 2 is 0.482 bits per heavy atom. The van der Waals surface area contributed by atoms with E-state index in [0.29, 0.717) is 12.8 Å². The van der Waals surface area contributed by atoms with Gasteiger partial charge in [0.25, 0.3) is 0 Å². The topological polar surface area (TPSA) is 78.9 Å². The van der Waals surface area contributed by atoms with Gasteiger partial charge in [0, 0.05) is 19.3 Å². The lowest BCUT2D eigenvalue weighted by Gasteiger charge is -2.18. The van der Waals surface area contributed by atoms with E-state index in [1.807, 2.05) is 0 Å². The monoisotopic (exact) mass is 1140 g/mol. The Balaban J connectivity index is 4.53. The number of rotatable bonds is 58. The normalized spacial score (nSPS) is 13.3. The fourth-order valence-corrected chi connectivity index (χ4v) is 8.46. The maximum Gasteiger partial charge on any atom is 0.306 e. The fraction of sp³-hybridized carbons (Fsp3) is 0.571. The Morgan fingerprint density at radius 1 is 0.253 bits per heavy atom. The van der Waals surface area contributed by atoms with Crippen LogP contribution in [0.15, 0.2) is 182 Å². The maximum atomic E-state index is 12.9. The van der Waals surface area contributed by atoms with E-state index in [1.165, 1.54) is 64.2 Å². The van der Waals surface area contributed by atoms with Crippen LogP contribution in [0.3, 0.4) is 0 Å². The molecule has 0 saturated heterocycles. The quantitative estimate of drug-likeness (QED) is 0.0261. The molecule has 0 aromatic carbocycles. The van der Waals surface area contributed by atoms with E-state index in [2.05, 4.69) is 203 Å². The summed E-state index contributed by atoms with van der Waals surface area (Å²) in [6, 6.07) is 0. The van der Waals surface area contributed by atoms with Crippen molar-refractivity contribution in [2.45, 2.75) is 271 Å². The van der Waals surface area contributed by atoms with Gasteiger partial charge >= 0.3 is 17.9 Å². The summed E-state index contributed by atoms with van der Waals surface area (Å²) in [6.07, 6.45) is 103. The molecule has 0 fully saturated rings. The zero-order chi connectivity index (χ0) is 59.9. The molecule has 0 heterocycles. The predicted octanol–water partition coefficient (Wildman–Crippen LogP) is 23.2. The van der Waals surface area contributed by atoms with E-state index in [0.717, 1.165) is 154 Å². The van der Waals surface area contributed by atoms with Gasteiger partial charge in [-0.05, 0) is 154 Å². The van der Waals surface area contributed by atoms with Gasteiger partial charge in [-0.25, -0.2) is 0 Å². The molecule has 0 radical (unpaired) electrons. The van der Waals surface area contributed by atoms with Gasteiger partial charge in [-0.1, -0.05) is 274 Å². The molecule has 1 atom stereocenters. The van der Waals surface area contributed by atoms with Crippen molar-refractivity contribution in [3.8, 4) is 0 Å². The van der Waals surface area contributed by atoms with E-state index in [-0.39, 0.29) is 44.0 Å². The molecule has 0 N–H and O–H groups in total. The van der Waals surface area contributed by atoms with Gasteiger partial charge in [0.05, 0.1) is 0 Å². The molecule has 1 unspecified atom stereocenters. The van der Waals surface area contributed by atoms with Crippen LogP contribution in [0.5, 0.6) is 0 Å². The molecule has 6 nitrogen and oxygen atoms in total. The molecule has 0 aliphatic carbocycles. The summed E-state index contributed by atoms with van der Waals surface area (Å²) in [7, 11) is 0. The van der Waals surface area contributed by atoms with Gasteiger partial charge in [0.1, 0.15) is 13.2 Å². The van der Waals surface area contributed by atoms with Crippen LogP contribution >= 0.6 is 0 Å². The van der Waals surface area contributed by atoms with Crippen molar-refractivity contribution in [3.05, 3.63) is 182 Å². The third-order valence-electron chi connectivity index (χ3n) is 13.4. The van der Waals surface area contributed by atoms with E-state index < -0.39 is 6.10 Å². The number of carbonyl (C=O) groups excluding carboxylic acids is 3. The first kappa shape index (κ1) is 77.5. The van der Waals surface area contributed by atoms with E-state index >= 15 is 0 Å². The van der Waals surface area contributed by atoms with Gasteiger partial charge in [0.15, 0.2) is 6.10 Å². The minimum Gasteiger partial charge on any atom is -0.462 e. The first-order valence-corrected chi connectivity index (χ1v) is 33.3. The van der Waals surface area contributed by atoms with Crippen LogP contribution in [0.1, 0.15) is 265 Å². The second kappa shape index (κ2) is 69.0. The summed E-state index contributed by atoms with van der Waals surface area (Å²) < 4.78 is 16.9. The molecular formula is C77H120O6. The largest absolute Gasteiger partial charge is 0.462 e. The van der Waals surface area contributed by atoms with Crippen LogP contribution in [0, 0.1) is 0 Å². The molecular weight excluding hydrogens is 1020 g/mol. The number of hydrogen-bond acceptors (Lipinski definition) is 6. The summed E-state index contributed by atoms with van der Waals surface area (Å²) >= 11 is 0. The Hall–Kier alpha value is -5.49. The average molecular weight is 1140 g/mol. The predicted molar refractivity (Wildman–Crippen MR) is 361 cm³/mol. The minimum atomic E-state index is -0.825. The molecule has 0 aromatic rings. The highest BCUT2D eigenvalue weighted by Gasteiger charge is 2.19. The average Bonchev–Trinajstić information content (AvgIpc) is 3.49. The third kappa shape index (κ3) is 67.2. The number of esters is 3. The molecule has 0 saturated carbocycles. The Labute approximate surface area is 510 Å². The molecule has 6 heteroatoms. The van der Waals surface area contributed by atoms with Crippen molar-refractivity contribution >= 4 is 17.9 Å². The van der Waals surface area contributed by atoms with Crippen LogP contribution < -0.4 is 0 Å². The Bertz CT molecular complexity index is 1940. The van der Waals surface area contributed by atoms with Crippen LogP contribution in [0.2, 0.25) is 0 Å². The Morgan fingerprint density at radius 3 is 0.783 bits per heavy atom. The molecule has 0 aliphatic rings. The maximum absolute atomic E-state index is 12.9. The summed E-state index contributed by atoms with van der Waals surface area (Å²) in [5.74, 6) is -1.00. The zero-order valence-electron chi connectivity index (χ0n) is 53.1. The number of hydrogen-bond donors (Lipinski definition) is 0. The van der Waals surface area contributed by atoms with E-state index in [4.69, 9.17) is 14.2 Å². The van der Waals surface area contributed by atoms with Gasteiger partial charge in [-0.2, -0.15) is 0 Å². The summed E-state index contributed by atoms with van der Waals surface area (Å²) in [5, 5.41) is 0. The van der Waals surface area contributed by atoms with Gasteiger partial charge in [0.2, 0.25) is 0 Å². The zero-order valence-corrected chi connectivity index (χ0v) is 53.1. The minimum absolute atomic E-state index is 0.115.